The average Bonchev–Trinajstić information content (AvgIpc) is 3.60. The summed E-state index contributed by atoms with van der Waals surface area (Å²) in [7, 11) is 5.00. The van der Waals surface area contributed by atoms with E-state index >= 15 is 0 Å². The number of ketones is 1. The molecule has 2 aliphatic rings. The summed E-state index contributed by atoms with van der Waals surface area (Å²) in [5, 5.41) is 12.9. The molecule has 0 bridgehead atoms. The number of aliphatic imine (C=N–C) groups is 1. The van der Waals surface area contributed by atoms with Crippen LogP contribution in [0.1, 0.15) is 114 Å². The lowest BCUT2D eigenvalue weighted by molar-refractivity contribution is -0.126. The van der Waals surface area contributed by atoms with Gasteiger partial charge in [-0.05, 0) is 127 Å². The smallest absolute Gasteiger partial charge is 0.260 e. The quantitative estimate of drug-likeness (QED) is 0.0199. The molecule has 360 valence electrons. The third-order valence-electron chi connectivity index (χ3n) is 11.1. The van der Waals surface area contributed by atoms with E-state index in [0.717, 1.165) is 53.8 Å². The van der Waals surface area contributed by atoms with Crippen LogP contribution in [0.3, 0.4) is 0 Å². The summed E-state index contributed by atoms with van der Waals surface area (Å²) < 4.78 is 18.2. The zero-order chi connectivity index (χ0) is 48.7. The van der Waals surface area contributed by atoms with E-state index in [-0.39, 0.29) is 53.9 Å². The number of hydrogen-bond donors (Lipinski definition) is 4. The molecule has 3 amide bonds. The number of hydrogen-bond acceptors (Lipinski definition) is 12. The second kappa shape index (κ2) is 25.0. The van der Waals surface area contributed by atoms with Crippen LogP contribution in [0.15, 0.2) is 96.3 Å². The van der Waals surface area contributed by atoms with Crippen LogP contribution in [-0.4, -0.2) is 71.7 Å². The SMILES string of the molecule is C=C(C)N=CCC/C=C\C(=C)NC(C)OCc1cc(COc2cc3c(cc2OC)C(=O)N2c4ccccc4C[C@H]2CN3)cc(NC(=O)[C@H](C)NC(=O)CCC(C)(C)SSC(C)CCC(C)=O)c1. The van der Waals surface area contributed by atoms with E-state index in [4.69, 9.17) is 14.2 Å². The van der Waals surface area contributed by atoms with Crippen LogP contribution in [0.2, 0.25) is 0 Å². The molecule has 67 heavy (non-hydrogen) atoms. The second-order valence-electron chi connectivity index (χ2n) is 17.8. The zero-order valence-electron chi connectivity index (χ0n) is 40.3. The summed E-state index contributed by atoms with van der Waals surface area (Å²) in [5.41, 5.74) is 6.71. The van der Waals surface area contributed by atoms with Crippen molar-refractivity contribution in [1.29, 1.82) is 0 Å². The Hall–Kier alpha value is -5.51. The van der Waals surface area contributed by atoms with Gasteiger partial charge in [-0.25, -0.2) is 0 Å². The number of unbranched alkanes of at least 4 members (excludes halogenated alkanes) is 1. The molecule has 13 nitrogen and oxygen atoms in total. The maximum atomic E-state index is 14.0. The van der Waals surface area contributed by atoms with Crippen molar-refractivity contribution in [2.45, 2.75) is 135 Å². The highest BCUT2D eigenvalue weighted by Gasteiger charge is 2.37. The number of rotatable bonds is 26. The van der Waals surface area contributed by atoms with Crippen LogP contribution in [0, 0.1) is 0 Å². The lowest BCUT2D eigenvalue weighted by atomic mass is 10.1. The van der Waals surface area contributed by atoms with Gasteiger partial charge in [-0.2, -0.15) is 0 Å². The largest absolute Gasteiger partial charge is 0.493 e. The minimum Gasteiger partial charge on any atom is -0.493 e. The first-order valence-electron chi connectivity index (χ1n) is 22.9. The molecule has 2 heterocycles. The second-order valence-corrected chi connectivity index (χ2v) is 21.2. The molecule has 15 heteroatoms. The normalized spacial score (nSPS) is 15.7. The first-order chi connectivity index (χ1) is 31.9. The fourth-order valence-electron chi connectivity index (χ4n) is 7.52. The molecule has 0 fully saturated rings. The third kappa shape index (κ3) is 16.4. The molecule has 2 unspecified atom stereocenters. The number of carbonyl (C=O) groups is 4. The monoisotopic (exact) mass is 952 g/mol. The van der Waals surface area contributed by atoms with Crippen molar-refractivity contribution >= 4 is 68.4 Å². The summed E-state index contributed by atoms with van der Waals surface area (Å²) in [6, 6.07) is 16.3. The van der Waals surface area contributed by atoms with Gasteiger partial charge in [0, 0.05) is 64.4 Å². The maximum absolute atomic E-state index is 14.0. The predicted octanol–water partition coefficient (Wildman–Crippen LogP) is 10.3. The van der Waals surface area contributed by atoms with Gasteiger partial charge >= 0.3 is 0 Å². The minimum atomic E-state index is -0.811. The summed E-state index contributed by atoms with van der Waals surface area (Å²) >= 11 is 0. The molecule has 3 aromatic carbocycles. The number of carbonyl (C=O) groups excluding carboxylic acids is 4. The van der Waals surface area contributed by atoms with E-state index in [0.29, 0.717) is 58.8 Å². The number of para-hydroxylation sites is 1. The number of fused-ring (bicyclic) bond motifs is 4. The number of anilines is 3. The fraction of sp³-hybridized carbons (Fsp3) is 0.442. The van der Waals surface area contributed by atoms with Crippen LogP contribution in [0.25, 0.3) is 0 Å². The summed E-state index contributed by atoms with van der Waals surface area (Å²) in [6.07, 6.45) is 10.00. The molecule has 0 radical (unpaired) electrons. The van der Waals surface area contributed by atoms with Crippen LogP contribution in [0.5, 0.6) is 11.5 Å². The van der Waals surface area contributed by atoms with Crippen LogP contribution >= 0.6 is 21.6 Å². The molecule has 5 rings (SSSR count). The molecule has 0 aromatic heterocycles. The van der Waals surface area contributed by atoms with E-state index in [2.05, 4.69) is 66.3 Å². The standard InChI is InChI=1S/C52H68N6O7S2/c1-33(2)53-23-15-11-12-16-34(3)55-38(7)64-31-39-24-40(26-42(25-39)57-50(61)37(6)56-49(60)21-22-52(8,9)67-66-36(5)20-19-35(4)59)32-65-48-29-45-44(28-47(48)63-10)51(62)58-43(30-54-45)27-41-17-13-14-18-46(41)58/h12-14,16-18,23-26,28-29,36-38,43,54-55H,1,3,11,15,19-22,27,30-32H2,2,4-10H3,(H,56,60)(H,57,61)/b16-12-,53-23?/t36?,37-,38?,43-/m0/s1. The highest BCUT2D eigenvalue weighted by atomic mass is 33.1. The first kappa shape index (κ1) is 52.5. The Morgan fingerprint density at radius 1 is 0.985 bits per heavy atom. The Morgan fingerprint density at radius 2 is 1.73 bits per heavy atom. The predicted molar refractivity (Wildman–Crippen MR) is 275 cm³/mol. The first-order valence-corrected chi connectivity index (χ1v) is 25.1. The number of amides is 3. The van der Waals surface area contributed by atoms with Gasteiger partial charge in [0.15, 0.2) is 11.5 Å². The number of methoxy groups -OCH3 is 1. The van der Waals surface area contributed by atoms with Gasteiger partial charge in [0.05, 0.1) is 31.0 Å². The minimum absolute atomic E-state index is 0.0213. The Balaban J connectivity index is 1.26. The van der Waals surface area contributed by atoms with Crippen molar-refractivity contribution in [2.24, 2.45) is 4.99 Å². The number of benzene rings is 3. The Kier molecular flexibility index (Phi) is 19.6. The molecule has 2 aliphatic heterocycles. The maximum Gasteiger partial charge on any atom is 0.260 e. The van der Waals surface area contributed by atoms with E-state index in [1.54, 1.807) is 54.7 Å². The lowest BCUT2D eigenvalue weighted by Gasteiger charge is -2.25. The zero-order valence-corrected chi connectivity index (χ0v) is 41.9. The van der Waals surface area contributed by atoms with Crippen molar-refractivity contribution in [1.82, 2.24) is 10.6 Å². The molecule has 4 atom stereocenters. The van der Waals surface area contributed by atoms with Crippen molar-refractivity contribution in [3.05, 3.63) is 114 Å². The van der Waals surface area contributed by atoms with E-state index in [1.165, 1.54) is 0 Å². The highest BCUT2D eigenvalue weighted by molar-refractivity contribution is 8.77. The topological polar surface area (TPSA) is 160 Å². The molecule has 0 aliphatic carbocycles. The van der Waals surface area contributed by atoms with Gasteiger partial charge in [0.1, 0.15) is 24.7 Å². The van der Waals surface area contributed by atoms with Crippen molar-refractivity contribution in [3.63, 3.8) is 0 Å². The van der Waals surface area contributed by atoms with Crippen molar-refractivity contribution in [2.75, 3.05) is 29.2 Å². The van der Waals surface area contributed by atoms with Gasteiger partial charge in [-0.1, -0.05) is 65.9 Å². The van der Waals surface area contributed by atoms with E-state index in [9.17, 15) is 19.2 Å². The average molecular weight is 953 g/mol. The molecule has 0 spiro atoms. The molecule has 4 N–H and O–H groups in total. The third-order valence-corrected chi connectivity index (χ3v) is 15.1. The van der Waals surface area contributed by atoms with Crippen LogP contribution in [-0.2, 0) is 38.8 Å². The Bertz CT molecular complexity index is 2330. The summed E-state index contributed by atoms with van der Waals surface area (Å²) in [4.78, 5) is 58.2. The summed E-state index contributed by atoms with van der Waals surface area (Å²) in [5.74, 6) is 0.350. The Morgan fingerprint density at radius 3 is 2.46 bits per heavy atom. The fourth-order valence-corrected chi connectivity index (χ4v) is 10.2. The van der Waals surface area contributed by atoms with Gasteiger partial charge in [0.2, 0.25) is 11.8 Å². The van der Waals surface area contributed by atoms with Crippen LogP contribution in [0.4, 0.5) is 17.1 Å². The van der Waals surface area contributed by atoms with Gasteiger partial charge in [-0.15, -0.1) is 0 Å². The van der Waals surface area contributed by atoms with Gasteiger partial charge < -0.3 is 45.2 Å². The van der Waals surface area contributed by atoms with Crippen molar-refractivity contribution in [3.8, 4) is 11.5 Å². The Labute approximate surface area is 404 Å². The molecule has 0 saturated carbocycles. The van der Waals surface area contributed by atoms with E-state index < -0.39 is 12.3 Å². The summed E-state index contributed by atoms with van der Waals surface area (Å²) in [6.45, 7) is 22.1. The number of ether oxygens (including phenoxy) is 3. The van der Waals surface area contributed by atoms with E-state index in [1.807, 2.05) is 73.5 Å². The number of nitrogens with one attached hydrogen (secondary N) is 4. The van der Waals surface area contributed by atoms with Gasteiger partial charge in [0.25, 0.3) is 5.91 Å². The number of nitrogens with zero attached hydrogens (tertiary/aromatic N) is 2. The van der Waals surface area contributed by atoms with Crippen LogP contribution < -0.4 is 35.6 Å². The molecule has 0 saturated heterocycles. The number of Topliss-reactive ketones (excluding diaryl/α,β-unsaturated/α-hetero) is 1. The molecular weight excluding hydrogens is 885 g/mol. The molecule has 3 aromatic rings. The highest BCUT2D eigenvalue weighted by Crippen LogP contribution is 2.43. The lowest BCUT2D eigenvalue weighted by Crippen LogP contribution is -2.42. The molecular formula is C52H68N6O7S2. The number of allylic oxidation sites excluding steroid dienone is 3. The van der Waals surface area contributed by atoms with Gasteiger partial charge in [-0.3, -0.25) is 19.4 Å². The van der Waals surface area contributed by atoms with Crippen molar-refractivity contribution < 1.29 is 33.4 Å².